The Morgan fingerprint density at radius 2 is 0.512 bits per heavy atom. The number of hydrogen-bond donors (Lipinski definition) is 0. The first-order chi connectivity index (χ1) is 21.3. The third kappa shape index (κ3) is 3.65. The first-order valence-corrected chi connectivity index (χ1v) is 14.9. The standard InChI is InChI=1S/C42H27N/c1-3-13-28(14-4-1)43(29-15-5-2-6-16-29)30-23-24-37-33-19-9-12-22-36(33)41-26-39-34-20-10-7-17-31(34)32-18-8-11-21-35(32)40(39)27-42(41)38(37)25-30/h1-27H. The van der Waals surface area contributed by atoms with Crippen molar-refractivity contribution in [1.29, 1.82) is 0 Å². The highest BCUT2D eigenvalue weighted by Crippen LogP contribution is 2.44. The first kappa shape index (κ1) is 24.0. The molecule has 43 heavy (non-hydrogen) atoms. The molecule has 200 valence electrons. The molecule has 0 spiro atoms. The van der Waals surface area contributed by atoms with E-state index in [4.69, 9.17) is 0 Å². The van der Waals surface area contributed by atoms with Crippen molar-refractivity contribution in [3.05, 3.63) is 164 Å². The SMILES string of the molecule is c1ccc(N(c2ccccc2)c2ccc3c4ccccc4c4cc5c6ccccc6c6ccccc6c5cc4c3c2)cc1. The normalized spacial score (nSPS) is 11.7. The van der Waals surface area contributed by atoms with Gasteiger partial charge in [-0.15, -0.1) is 0 Å². The van der Waals surface area contributed by atoms with Crippen molar-refractivity contribution in [1.82, 2.24) is 0 Å². The number of hydrogen-bond acceptors (Lipinski definition) is 1. The maximum Gasteiger partial charge on any atom is 0.0468 e. The largest absolute Gasteiger partial charge is 0.310 e. The molecular weight excluding hydrogens is 518 g/mol. The van der Waals surface area contributed by atoms with Crippen LogP contribution in [0.5, 0.6) is 0 Å². The average molecular weight is 546 g/mol. The monoisotopic (exact) mass is 545 g/mol. The van der Waals surface area contributed by atoms with Gasteiger partial charge in [0.2, 0.25) is 0 Å². The predicted octanol–water partition coefficient (Wildman–Crippen LogP) is 12.1. The van der Waals surface area contributed by atoms with Gasteiger partial charge in [-0.25, -0.2) is 0 Å². The van der Waals surface area contributed by atoms with Gasteiger partial charge in [0.05, 0.1) is 0 Å². The molecule has 9 aromatic carbocycles. The maximum absolute atomic E-state index is 2.45. The van der Waals surface area contributed by atoms with Crippen LogP contribution in [0.25, 0.3) is 64.6 Å². The van der Waals surface area contributed by atoms with Gasteiger partial charge in [-0.2, -0.15) is 0 Å². The van der Waals surface area contributed by atoms with Gasteiger partial charge in [0.15, 0.2) is 0 Å². The van der Waals surface area contributed by atoms with Crippen molar-refractivity contribution in [3.63, 3.8) is 0 Å². The minimum atomic E-state index is 1.14. The Kier molecular flexibility index (Phi) is 5.27. The summed E-state index contributed by atoms with van der Waals surface area (Å²) in [5, 5.41) is 15.5. The molecule has 0 amide bonds. The number of rotatable bonds is 3. The highest BCUT2D eigenvalue weighted by Gasteiger charge is 2.17. The van der Waals surface area contributed by atoms with E-state index >= 15 is 0 Å². The fraction of sp³-hybridized carbons (Fsp3) is 0. The van der Waals surface area contributed by atoms with E-state index in [0.717, 1.165) is 17.1 Å². The van der Waals surface area contributed by atoms with E-state index in [1.165, 1.54) is 64.6 Å². The molecule has 0 radical (unpaired) electrons. The van der Waals surface area contributed by atoms with E-state index in [2.05, 4.69) is 169 Å². The van der Waals surface area contributed by atoms with E-state index in [9.17, 15) is 0 Å². The van der Waals surface area contributed by atoms with Crippen LogP contribution in [0, 0.1) is 0 Å². The van der Waals surface area contributed by atoms with Gasteiger partial charge in [0.25, 0.3) is 0 Å². The molecule has 0 atom stereocenters. The zero-order chi connectivity index (χ0) is 28.3. The number of benzene rings is 9. The summed E-state index contributed by atoms with van der Waals surface area (Å²) in [6.45, 7) is 0. The molecule has 0 aliphatic heterocycles. The number of nitrogens with zero attached hydrogens (tertiary/aromatic N) is 1. The zero-order valence-electron chi connectivity index (χ0n) is 23.5. The maximum atomic E-state index is 2.45. The summed E-state index contributed by atoms with van der Waals surface area (Å²) < 4.78 is 0. The van der Waals surface area contributed by atoms with Crippen molar-refractivity contribution < 1.29 is 0 Å². The molecule has 9 aromatic rings. The summed E-state index contributed by atoms with van der Waals surface area (Å²) in [5.41, 5.74) is 3.42. The molecule has 1 nitrogen and oxygen atoms in total. The highest BCUT2D eigenvalue weighted by atomic mass is 15.1. The average Bonchev–Trinajstić information content (AvgIpc) is 3.09. The van der Waals surface area contributed by atoms with Gasteiger partial charge in [0.1, 0.15) is 0 Å². The Morgan fingerprint density at radius 3 is 0.930 bits per heavy atom. The van der Waals surface area contributed by atoms with Gasteiger partial charge in [0, 0.05) is 17.1 Å². The van der Waals surface area contributed by atoms with Crippen LogP contribution in [0.4, 0.5) is 17.1 Å². The summed E-state index contributed by atoms with van der Waals surface area (Å²) in [6, 6.07) is 59.7. The lowest BCUT2D eigenvalue weighted by atomic mass is 9.88. The second-order valence-electron chi connectivity index (χ2n) is 11.3. The Morgan fingerprint density at radius 1 is 0.209 bits per heavy atom. The van der Waals surface area contributed by atoms with Crippen LogP contribution in [-0.2, 0) is 0 Å². The molecule has 9 rings (SSSR count). The minimum absolute atomic E-state index is 1.14. The molecule has 0 aliphatic rings. The van der Waals surface area contributed by atoms with Crippen LogP contribution in [0.3, 0.4) is 0 Å². The molecule has 0 saturated heterocycles. The smallest absolute Gasteiger partial charge is 0.0468 e. The van der Waals surface area contributed by atoms with Crippen molar-refractivity contribution >= 4 is 81.7 Å². The Hall–Kier alpha value is -5.66. The van der Waals surface area contributed by atoms with Crippen LogP contribution >= 0.6 is 0 Å². The summed E-state index contributed by atoms with van der Waals surface area (Å²) in [7, 11) is 0. The third-order valence-electron chi connectivity index (χ3n) is 8.97. The highest BCUT2D eigenvalue weighted by molar-refractivity contribution is 6.33. The summed E-state index contributed by atoms with van der Waals surface area (Å²) >= 11 is 0. The lowest BCUT2D eigenvalue weighted by molar-refractivity contribution is 1.29. The van der Waals surface area contributed by atoms with E-state index in [-0.39, 0.29) is 0 Å². The predicted molar refractivity (Wildman–Crippen MR) is 186 cm³/mol. The number of para-hydroxylation sites is 2. The van der Waals surface area contributed by atoms with Crippen molar-refractivity contribution in [2.75, 3.05) is 4.90 Å². The minimum Gasteiger partial charge on any atom is -0.310 e. The topological polar surface area (TPSA) is 3.24 Å². The van der Waals surface area contributed by atoms with Gasteiger partial charge in [-0.3, -0.25) is 0 Å². The van der Waals surface area contributed by atoms with Crippen molar-refractivity contribution in [2.24, 2.45) is 0 Å². The Balaban J connectivity index is 1.44. The molecule has 0 saturated carbocycles. The van der Waals surface area contributed by atoms with Crippen LogP contribution in [0.2, 0.25) is 0 Å². The zero-order valence-corrected chi connectivity index (χ0v) is 23.5. The van der Waals surface area contributed by atoms with E-state index in [1.54, 1.807) is 0 Å². The fourth-order valence-electron chi connectivity index (χ4n) is 7.08. The molecule has 0 heterocycles. The molecule has 0 bridgehead atoms. The van der Waals surface area contributed by atoms with Gasteiger partial charge < -0.3 is 4.90 Å². The molecule has 1 heteroatoms. The lowest BCUT2D eigenvalue weighted by Gasteiger charge is -2.26. The lowest BCUT2D eigenvalue weighted by Crippen LogP contribution is -2.09. The van der Waals surface area contributed by atoms with Crippen LogP contribution in [-0.4, -0.2) is 0 Å². The molecule has 0 N–H and O–H groups in total. The Labute approximate surface area is 249 Å². The molecule has 0 aromatic heterocycles. The first-order valence-electron chi connectivity index (χ1n) is 14.9. The molecule has 0 unspecified atom stereocenters. The van der Waals surface area contributed by atoms with Crippen molar-refractivity contribution in [2.45, 2.75) is 0 Å². The molecular formula is C42H27N. The van der Waals surface area contributed by atoms with Gasteiger partial charge >= 0.3 is 0 Å². The fourth-order valence-corrected chi connectivity index (χ4v) is 7.08. The second kappa shape index (κ2) is 9.44. The van der Waals surface area contributed by atoms with E-state index in [1.807, 2.05) is 0 Å². The summed E-state index contributed by atoms with van der Waals surface area (Å²) in [4.78, 5) is 2.35. The van der Waals surface area contributed by atoms with Crippen LogP contribution in [0.1, 0.15) is 0 Å². The number of fused-ring (bicyclic) bond motifs is 12. The van der Waals surface area contributed by atoms with E-state index < -0.39 is 0 Å². The summed E-state index contributed by atoms with van der Waals surface area (Å²) in [5.74, 6) is 0. The Bertz CT molecular complexity index is 2460. The van der Waals surface area contributed by atoms with Gasteiger partial charge in [-0.1, -0.05) is 115 Å². The number of anilines is 3. The second-order valence-corrected chi connectivity index (χ2v) is 11.3. The van der Waals surface area contributed by atoms with Crippen LogP contribution < -0.4 is 4.90 Å². The van der Waals surface area contributed by atoms with Crippen molar-refractivity contribution in [3.8, 4) is 0 Å². The quantitative estimate of drug-likeness (QED) is 0.158. The third-order valence-corrected chi connectivity index (χ3v) is 8.97. The molecule has 0 fully saturated rings. The summed E-state index contributed by atoms with van der Waals surface area (Å²) in [6.07, 6.45) is 0. The molecule has 0 aliphatic carbocycles. The van der Waals surface area contributed by atoms with Gasteiger partial charge in [-0.05, 0) is 113 Å². The van der Waals surface area contributed by atoms with Crippen LogP contribution in [0.15, 0.2) is 164 Å². The van der Waals surface area contributed by atoms with E-state index in [0.29, 0.717) is 0 Å².